The van der Waals surface area contributed by atoms with Gasteiger partial charge in [-0.15, -0.1) is 11.7 Å². The van der Waals surface area contributed by atoms with Crippen LogP contribution in [0.2, 0.25) is 5.02 Å². The number of anilines is 1. The summed E-state index contributed by atoms with van der Waals surface area (Å²) in [5.74, 6) is 0.473. The van der Waals surface area contributed by atoms with Gasteiger partial charge in [-0.3, -0.25) is 9.69 Å². The first-order valence-electron chi connectivity index (χ1n) is 6.20. The van der Waals surface area contributed by atoms with Gasteiger partial charge < -0.3 is 4.42 Å². The van der Waals surface area contributed by atoms with Crippen LogP contribution in [0.15, 0.2) is 41.3 Å². The van der Waals surface area contributed by atoms with Crippen LogP contribution in [0, 0.1) is 5.92 Å². The van der Waals surface area contributed by atoms with Crippen LogP contribution < -0.4 is 4.90 Å². The number of nitrogens with zero attached hydrogens (tertiary/aromatic N) is 3. The van der Waals surface area contributed by atoms with Gasteiger partial charge in [0.1, 0.15) is 0 Å². The van der Waals surface area contributed by atoms with E-state index in [-0.39, 0.29) is 17.8 Å². The maximum absolute atomic E-state index is 11.9. The Bertz CT molecular complexity index is 651. The van der Waals surface area contributed by atoms with E-state index in [0.29, 0.717) is 23.9 Å². The molecule has 1 aliphatic heterocycles. The van der Waals surface area contributed by atoms with E-state index in [0.717, 1.165) is 5.56 Å². The summed E-state index contributed by atoms with van der Waals surface area (Å²) in [5.41, 5.74) is 0.764. The molecular weight excluding hydrogens is 278 g/mol. The van der Waals surface area contributed by atoms with Crippen LogP contribution >= 0.6 is 11.6 Å². The Labute approximate surface area is 120 Å². The quantitative estimate of drug-likeness (QED) is 0.815. The first kappa shape index (κ1) is 12.9. The van der Waals surface area contributed by atoms with Gasteiger partial charge in [-0.1, -0.05) is 22.8 Å². The third kappa shape index (κ3) is 2.32. The zero-order valence-electron chi connectivity index (χ0n) is 10.6. The average Bonchev–Trinajstić information content (AvgIpc) is 3.06. The fourth-order valence-corrected chi connectivity index (χ4v) is 2.24. The molecule has 1 aliphatic rings. The van der Waals surface area contributed by atoms with Crippen LogP contribution in [0.25, 0.3) is 11.5 Å². The van der Waals surface area contributed by atoms with Gasteiger partial charge in [-0.25, -0.2) is 0 Å². The molecule has 102 valence electrons. The molecule has 1 aromatic heterocycles. The maximum atomic E-state index is 11.9. The lowest BCUT2D eigenvalue weighted by Gasteiger charge is -2.09. The van der Waals surface area contributed by atoms with Crippen LogP contribution in [0.1, 0.15) is 6.42 Å². The van der Waals surface area contributed by atoms with E-state index in [4.69, 9.17) is 16.0 Å². The number of rotatable bonds is 3. The van der Waals surface area contributed by atoms with Crippen molar-refractivity contribution in [2.75, 3.05) is 11.4 Å². The lowest BCUT2D eigenvalue weighted by molar-refractivity contribution is -0.117. The molecule has 1 fully saturated rings. The first-order chi connectivity index (χ1) is 9.67. The second kappa shape index (κ2) is 5.09. The highest BCUT2D eigenvalue weighted by molar-refractivity contribution is 6.30. The van der Waals surface area contributed by atoms with E-state index in [1.807, 2.05) is 0 Å². The number of halogens is 1. The molecule has 1 aromatic carbocycles. The topological polar surface area (TPSA) is 59.2 Å². The summed E-state index contributed by atoms with van der Waals surface area (Å²) in [6.45, 7) is 4.24. The van der Waals surface area contributed by atoms with E-state index in [9.17, 15) is 4.79 Å². The molecule has 0 radical (unpaired) electrons. The molecule has 0 bridgehead atoms. The van der Waals surface area contributed by atoms with Crippen molar-refractivity contribution in [3.8, 4) is 11.5 Å². The summed E-state index contributed by atoms with van der Waals surface area (Å²) in [6.07, 6.45) is 2.20. The summed E-state index contributed by atoms with van der Waals surface area (Å²) in [7, 11) is 0. The van der Waals surface area contributed by atoms with Crippen molar-refractivity contribution >= 4 is 23.5 Å². The third-order valence-electron chi connectivity index (χ3n) is 3.22. The zero-order valence-corrected chi connectivity index (χ0v) is 11.4. The van der Waals surface area contributed by atoms with Gasteiger partial charge in [0.05, 0.1) is 0 Å². The molecular formula is C14H12ClN3O2. The largest absolute Gasteiger partial charge is 0.403 e. The highest BCUT2D eigenvalue weighted by atomic mass is 35.5. The number of benzene rings is 1. The number of aromatic nitrogens is 2. The summed E-state index contributed by atoms with van der Waals surface area (Å²) < 4.78 is 5.56. The Morgan fingerprint density at radius 3 is 2.75 bits per heavy atom. The molecule has 6 heteroatoms. The fourth-order valence-electron chi connectivity index (χ4n) is 2.11. The van der Waals surface area contributed by atoms with Gasteiger partial charge in [0, 0.05) is 29.5 Å². The Hall–Kier alpha value is -2.14. The molecule has 1 amide bonds. The Kier molecular flexibility index (Phi) is 3.28. The van der Waals surface area contributed by atoms with E-state index >= 15 is 0 Å². The molecule has 5 nitrogen and oxygen atoms in total. The lowest BCUT2D eigenvalue weighted by atomic mass is 10.1. The van der Waals surface area contributed by atoms with E-state index in [2.05, 4.69) is 16.8 Å². The van der Waals surface area contributed by atoms with E-state index in [1.54, 1.807) is 30.3 Å². The molecule has 0 spiro atoms. The molecule has 1 atom stereocenters. The van der Waals surface area contributed by atoms with Crippen molar-refractivity contribution in [3.63, 3.8) is 0 Å². The van der Waals surface area contributed by atoms with Gasteiger partial charge in [-0.05, 0) is 24.3 Å². The second-order valence-electron chi connectivity index (χ2n) is 4.60. The van der Waals surface area contributed by atoms with Crippen molar-refractivity contribution in [3.05, 3.63) is 41.9 Å². The van der Waals surface area contributed by atoms with Gasteiger partial charge in [0.2, 0.25) is 11.8 Å². The SMILES string of the molecule is C=CC1CC(=O)N(c2nnc(-c3ccc(Cl)cc3)o2)C1. The first-order valence-corrected chi connectivity index (χ1v) is 6.57. The van der Waals surface area contributed by atoms with Crippen molar-refractivity contribution in [1.29, 1.82) is 0 Å². The normalized spacial score (nSPS) is 18.6. The highest BCUT2D eigenvalue weighted by Gasteiger charge is 2.32. The minimum absolute atomic E-state index is 0.0267. The average molecular weight is 290 g/mol. The third-order valence-corrected chi connectivity index (χ3v) is 3.48. The predicted octanol–water partition coefficient (Wildman–Crippen LogP) is 2.93. The molecule has 2 heterocycles. The number of hydrogen-bond acceptors (Lipinski definition) is 4. The maximum Gasteiger partial charge on any atom is 0.325 e. The van der Waals surface area contributed by atoms with Crippen molar-refractivity contribution in [2.24, 2.45) is 5.92 Å². The fraction of sp³-hybridized carbons (Fsp3) is 0.214. The number of carbonyl (C=O) groups excluding carboxylic acids is 1. The van der Waals surface area contributed by atoms with Gasteiger partial charge in [-0.2, -0.15) is 0 Å². The van der Waals surface area contributed by atoms with Crippen LogP contribution in [0.5, 0.6) is 0 Å². The Morgan fingerprint density at radius 1 is 1.35 bits per heavy atom. The minimum atomic E-state index is -0.0267. The van der Waals surface area contributed by atoms with E-state index < -0.39 is 0 Å². The molecule has 0 N–H and O–H groups in total. The van der Waals surface area contributed by atoms with Crippen LogP contribution in [-0.2, 0) is 4.79 Å². The molecule has 2 aromatic rings. The molecule has 0 saturated carbocycles. The Balaban J connectivity index is 1.85. The molecule has 1 saturated heterocycles. The number of carbonyl (C=O) groups is 1. The van der Waals surface area contributed by atoms with Crippen molar-refractivity contribution in [2.45, 2.75) is 6.42 Å². The summed E-state index contributed by atoms with van der Waals surface area (Å²) in [4.78, 5) is 13.4. The number of hydrogen-bond donors (Lipinski definition) is 0. The zero-order chi connectivity index (χ0) is 14.1. The summed E-state index contributed by atoms with van der Waals surface area (Å²) >= 11 is 5.83. The number of amides is 1. The summed E-state index contributed by atoms with van der Waals surface area (Å²) in [5, 5.41) is 8.54. The van der Waals surface area contributed by atoms with Gasteiger partial charge in [0.15, 0.2) is 0 Å². The monoisotopic (exact) mass is 289 g/mol. The molecule has 3 rings (SSSR count). The van der Waals surface area contributed by atoms with Gasteiger partial charge >= 0.3 is 6.01 Å². The minimum Gasteiger partial charge on any atom is -0.403 e. The lowest BCUT2D eigenvalue weighted by Crippen LogP contribution is -2.24. The second-order valence-corrected chi connectivity index (χ2v) is 5.04. The van der Waals surface area contributed by atoms with E-state index in [1.165, 1.54) is 4.90 Å². The van der Waals surface area contributed by atoms with Crippen molar-refractivity contribution < 1.29 is 9.21 Å². The van der Waals surface area contributed by atoms with Gasteiger partial charge in [0.25, 0.3) is 0 Å². The Morgan fingerprint density at radius 2 is 2.10 bits per heavy atom. The standard InChI is InChI=1S/C14H12ClN3O2/c1-2-9-7-12(19)18(8-9)14-17-16-13(20-14)10-3-5-11(15)6-4-10/h2-6,9H,1,7-8H2. The van der Waals surface area contributed by atoms with Crippen LogP contribution in [0.3, 0.4) is 0 Å². The van der Waals surface area contributed by atoms with Crippen molar-refractivity contribution in [1.82, 2.24) is 10.2 Å². The molecule has 1 unspecified atom stereocenters. The smallest absolute Gasteiger partial charge is 0.325 e. The van der Waals surface area contributed by atoms with Crippen LogP contribution in [0.4, 0.5) is 6.01 Å². The highest BCUT2D eigenvalue weighted by Crippen LogP contribution is 2.27. The van der Waals surface area contributed by atoms with Crippen LogP contribution in [-0.4, -0.2) is 22.6 Å². The molecule has 20 heavy (non-hydrogen) atoms. The summed E-state index contributed by atoms with van der Waals surface area (Å²) in [6, 6.07) is 7.30. The molecule has 0 aliphatic carbocycles. The predicted molar refractivity (Wildman–Crippen MR) is 75.4 cm³/mol.